The predicted octanol–water partition coefficient (Wildman–Crippen LogP) is 4.18. The largest absolute Gasteiger partial charge is 0.362 e. The molecule has 3 aromatic rings. The minimum atomic E-state index is -0.262. The Morgan fingerprint density at radius 3 is 2.48 bits per heavy atom. The summed E-state index contributed by atoms with van der Waals surface area (Å²) in [7, 11) is 3.93. The molecule has 0 unspecified atom stereocenters. The summed E-state index contributed by atoms with van der Waals surface area (Å²) in [5.74, 6) is 0.651. The summed E-state index contributed by atoms with van der Waals surface area (Å²) in [6, 6.07) is 14.5. The van der Waals surface area contributed by atoms with Crippen molar-refractivity contribution in [3.8, 4) is 0 Å². The maximum atomic E-state index is 13.3. The summed E-state index contributed by atoms with van der Waals surface area (Å²) < 4.78 is 13.3. The molecule has 2 aromatic carbocycles. The normalized spacial score (nSPS) is 10.6. The van der Waals surface area contributed by atoms with E-state index in [-0.39, 0.29) is 5.82 Å². The maximum absolute atomic E-state index is 13.3. The first kappa shape index (κ1) is 13.4. The number of pyridine rings is 1. The van der Waals surface area contributed by atoms with E-state index in [0.717, 1.165) is 22.3 Å². The van der Waals surface area contributed by atoms with Gasteiger partial charge in [-0.3, -0.25) is 0 Å². The van der Waals surface area contributed by atoms with E-state index in [4.69, 9.17) is 0 Å². The van der Waals surface area contributed by atoms with Crippen LogP contribution in [-0.2, 0) is 0 Å². The minimum absolute atomic E-state index is 0.262. The van der Waals surface area contributed by atoms with Crippen LogP contribution in [0.25, 0.3) is 10.8 Å². The molecule has 0 atom stereocenters. The third-order valence-electron chi connectivity index (χ3n) is 3.30. The van der Waals surface area contributed by atoms with E-state index in [1.54, 1.807) is 12.3 Å². The molecule has 1 aromatic heterocycles. The van der Waals surface area contributed by atoms with E-state index < -0.39 is 0 Å². The van der Waals surface area contributed by atoms with Crippen LogP contribution in [0.1, 0.15) is 0 Å². The smallest absolute Gasteiger partial charge is 0.136 e. The summed E-state index contributed by atoms with van der Waals surface area (Å²) in [5.41, 5.74) is 1.57. The monoisotopic (exact) mass is 281 g/mol. The zero-order chi connectivity index (χ0) is 14.8. The lowest BCUT2D eigenvalue weighted by Crippen LogP contribution is -2.11. The molecule has 0 bridgehead atoms. The van der Waals surface area contributed by atoms with Crippen molar-refractivity contribution in [1.29, 1.82) is 0 Å². The minimum Gasteiger partial charge on any atom is -0.362 e. The Morgan fingerprint density at radius 1 is 1.00 bits per heavy atom. The van der Waals surface area contributed by atoms with Crippen molar-refractivity contribution in [3.05, 3.63) is 60.5 Å². The maximum Gasteiger partial charge on any atom is 0.136 e. The first-order valence-corrected chi connectivity index (χ1v) is 6.73. The standard InChI is InChI=1S/C17H16FN3/c1-21(2)17-15-9-4-3-8-14(15)16(11-19-17)20-13-7-5-6-12(18)10-13/h3-11,20H,1-2H3. The van der Waals surface area contributed by atoms with Crippen LogP contribution < -0.4 is 10.2 Å². The second-order valence-corrected chi connectivity index (χ2v) is 5.07. The molecule has 4 heteroatoms. The topological polar surface area (TPSA) is 28.2 Å². The summed E-state index contributed by atoms with van der Waals surface area (Å²) in [4.78, 5) is 6.48. The SMILES string of the molecule is CN(C)c1ncc(Nc2cccc(F)c2)c2ccccc12. The summed E-state index contributed by atoms with van der Waals surface area (Å²) in [5, 5.41) is 5.35. The van der Waals surface area contributed by atoms with E-state index in [1.807, 2.05) is 49.3 Å². The van der Waals surface area contributed by atoms with Crippen molar-refractivity contribution in [2.45, 2.75) is 0 Å². The molecule has 0 aliphatic heterocycles. The van der Waals surface area contributed by atoms with Crippen LogP contribution in [0.3, 0.4) is 0 Å². The Hall–Kier alpha value is -2.62. The Labute approximate surface area is 123 Å². The van der Waals surface area contributed by atoms with Gasteiger partial charge in [0.25, 0.3) is 0 Å². The Bertz CT molecular complexity index is 784. The number of fused-ring (bicyclic) bond motifs is 1. The first-order valence-electron chi connectivity index (χ1n) is 6.73. The van der Waals surface area contributed by atoms with Crippen LogP contribution in [0, 0.1) is 5.82 Å². The molecule has 3 nitrogen and oxygen atoms in total. The highest BCUT2D eigenvalue weighted by atomic mass is 19.1. The van der Waals surface area contributed by atoms with Gasteiger partial charge in [-0.05, 0) is 18.2 Å². The van der Waals surface area contributed by atoms with E-state index in [1.165, 1.54) is 12.1 Å². The molecule has 0 aliphatic rings. The molecule has 21 heavy (non-hydrogen) atoms. The number of nitrogens with zero attached hydrogens (tertiary/aromatic N) is 2. The van der Waals surface area contributed by atoms with Gasteiger partial charge >= 0.3 is 0 Å². The van der Waals surface area contributed by atoms with Gasteiger partial charge in [0.2, 0.25) is 0 Å². The van der Waals surface area contributed by atoms with E-state index in [0.29, 0.717) is 5.69 Å². The van der Waals surface area contributed by atoms with Crippen LogP contribution in [0.4, 0.5) is 21.6 Å². The van der Waals surface area contributed by atoms with Gasteiger partial charge in [0, 0.05) is 30.6 Å². The van der Waals surface area contributed by atoms with Crippen LogP contribution in [0.2, 0.25) is 0 Å². The highest BCUT2D eigenvalue weighted by Crippen LogP contribution is 2.30. The lowest BCUT2D eigenvalue weighted by Gasteiger charge is -2.17. The van der Waals surface area contributed by atoms with Gasteiger partial charge in [0.05, 0.1) is 11.9 Å². The summed E-state index contributed by atoms with van der Waals surface area (Å²) >= 11 is 0. The predicted molar refractivity (Wildman–Crippen MR) is 85.8 cm³/mol. The number of hydrogen-bond donors (Lipinski definition) is 1. The molecular weight excluding hydrogens is 265 g/mol. The van der Waals surface area contributed by atoms with Crippen molar-refractivity contribution in [2.24, 2.45) is 0 Å². The fraction of sp³-hybridized carbons (Fsp3) is 0.118. The van der Waals surface area contributed by atoms with Gasteiger partial charge in [0.1, 0.15) is 11.6 Å². The lowest BCUT2D eigenvalue weighted by atomic mass is 10.1. The molecule has 0 radical (unpaired) electrons. The van der Waals surface area contributed by atoms with Crippen LogP contribution >= 0.6 is 0 Å². The molecule has 0 spiro atoms. The molecular formula is C17H16FN3. The van der Waals surface area contributed by atoms with Gasteiger partial charge in [-0.1, -0.05) is 30.3 Å². The molecule has 0 amide bonds. The van der Waals surface area contributed by atoms with Gasteiger partial charge in [-0.2, -0.15) is 0 Å². The number of benzene rings is 2. The van der Waals surface area contributed by atoms with Crippen molar-refractivity contribution < 1.29 is 4.39 Å². The number of nitrogens with one attached hydrogen (secondary N) is 1. The third kappa shape index (κ3) is 2.65. The molecule has 1 heterocycles. The molecule has 0 fully saturated rings. The lowest BCUT2D eigenvalue weighted by molar-refractivity contribution is 0.628. The van der Waals surface area contributed by atoms with Gasteiger partial charge in [-0.25, -0.2) is 9.37 Å². The van der Waals surface area contributed by atoms with E-state index >= 15 is 0 Å². The average Bonchev–Trinajstić information content (AvgIpc) is 2.47. The average molecular weight is 281 g/mol. The van der Waals surface area contributed by atoms with Crippen molar-refractivity contribution in [2.75, 3.05) is 24.3 Å². The highest BCUT2D eigenvalue weighted by Gasteiger charge is 2.08. The van der Waals surface area contributed by atoms with E-state index in [2.05, 4.69) is 10.3 Å². The number of hydrogen-bond acceptors (Lipinski definition) is 3. The second kappa shape index (κ2) is 5.40. The quantitative estimate of drug-likeness (QED) is 0.780. The van der Waals surface area contributed by atoms with Gasteiger partial charge in [-0.15, -0.1) is 0 Å². The zero-order valence-electron chi connectivity index (χ0n) is 12.0. The molecule has 106 valence electrons. The third-order valence-corrected chi connectivity index (χ3v) is 3.30. The fourth-order valence-electron chi connectivity index (χ4n) is 2.36. The second-order valence-electron chi connectivity index (χ2n) is 5.07. The van der Waals surface area contributed by atoms with Crippen LogP contribution in [0.5, 0.6) is 0 Å². The highest BCUT2D eigenvalue weighted by molar-refractivity contribution is 6.01. The zero-order valence-corrected chi connectivity index (χ0v) is 12.0. The number of halogens is 1. The summed E-state index contributed by atoms with van der Waals surface area (Å²) in [6.45, 7) is 0. The van der Waals surface area contributed by atoms with Crippen molar-refractivity contribution in [1.82, 2.24) is 4.98 Å². The van der Waals surface area contributed by atoms with Crippen LogP contribution in [-0.4, -0.2) is 19.1 Å². The first-order chi connectivity index (χ1) is 10.1. The number of rotatable bonds is 3. The van der Waals surface area contributed by atoms with E-state index in [9.17, 15) is 4.39 Å². The summed E-state index contributed by atoms with van der Waals surface area (Å²) in [6.07, 6.45) is 1.78. The molecule has 0 saturated heterocycles. The Balaban J connectivity index is 2.10. The molecule has 0 saturated carbocycles. The number of aromatic nitrogens is 1. The fourth-order valence-corrected chi connectivity index (χ4v) is 2.36. The van der Waals surface area contributed by atoms with Crippen LogP contribution in [0.15, 0.2) is 54.7 Å². The Morgan fingerprint density at radius 2 is 1.76 bits per heavy atom. The van der Waals surface area contributed by atoms with Crippen molar-refractivity contribution in [3.63, 3.8) is 0 Å². The Kier molecular flexibility index (Phi) is 3.44. The molecule has 1 N–H and O–H groups in total. The molecule has 0 aliphatic carbocycles. The van der Waals surface area contributed by atoms with Gasteiger partial charge < -0.3 is 10.2 Å². The number of anilines is 3. The molecule has 3 rings (SSSR count). The van der Waals surface area contributed by atoms with Gasteiger partial charge in [0.15, 0.2) is 0 Å². The van der Waals surface area contributed by atoms with Crippen molar-refractivity contribution >= 4 is 28.0 Å².